The molecular formula is C19H22N4O. The molecule has 0 saturated carbocycles. The van der Waals surface area contributed by atoms with Crippen LogP contribution >= 0.6 is 0 Å². The number of nitrogens with zero attached hydrogens (tertiary/aromatic N) is 4. The molecule has 24 heavy (non-hydrogen) atoms. The lowest BCUT2D eigenvalue weighted by Gasteiger charge is -2.23. The van der Waals surface area contributed by atoms with Crippen molar-refractivity contribution in [2.45, 2.75) is 38.9 Å². The van der Waals surface area contributed by atoms with Crippen LogP contribution in [0, 0.1) is 6.92 Å². The van der Waals surface area contributed by atoms with E-state index in [2.05, 4.69) is 45.5 Å². The zero-order chi connectivity index (χ0) is 16.4. The van der Waals surface area contributed by atoms with Crippen LogP contribution in [0.2, 0.25) is 0 Å². The van der Waals surface area contributed by atoms with E-state index in [0.717, 1.165) is 37.5 Å². The lowest BCUT2D eigenvalue weighted by Crippen LogP contribution is -2.23. The highest BCUT2D eigenvalue weighted by Gasteiger charge is 2.28. The fraction of sp³-hybridized carbons (Fsp3) is 0.368. The molecule has 0 radical (unpaired) electrons. The standard InChI is InChI=1S/C19H22N4O/c1-15-11-18(21-24-15)19-7-3-9-22(19)13-16-5-2-6-17(12-16)14-23-10-4-8-20-23/h2,4-6,8,10-12,19H,3,7,9,13-14H2,1H3/t19-/m0/s1. The van der Waals surface area contributed by atoms with Gasteiger partial charge < -0.3 is 4.52 Å². The minimum atomic E-state index is 0.372. The molecule has 0 spiro atoms. The Labute approximate surface area is 141 Å². The van der Waals surface area contributed by atoms with Gasteiger partial charge in [0.05, 0.1) is 12.6 Å². The van der Waals surface area contributed by atoms with Crippen LogP contribution in [0.25, 0.3) is 0 Å². The molecular weight excluding hydrogens is 300 g/mol. The normalized spacial score (nSPS) is 18.3. The maximum atomic E-state index is 5.27. The Morgan fingerprint density at radius 3 is 2.79 bits per heavy atom. The number of hydrogen-bond acceptors (Lipinski definition) is 4. The van der Waals surface area contributed by atoms with E-state index in [1.165, 1.54) is 17.5 Å². The number of aryl methyl sites for hydroxylation is 1. The molecule has 1 fully saturated rings. The second-order valence-electron chi connectivity index (χ2n) is 6.51. The van der Waals surface area contributed by atoms with Crippen molar-refractivity contribution in [1.29, 1.82) is 0 Å². The average Bonchev–Trinajstić information content (AvgIpc) is 3.30. The minimum Gasteiger partial charge on any atom is -0.361 e. The summed E-state index contributed by atoms with van der Waals surface area (Å²) in [5.41, 5.74) is 3.69. The summed E-state index contributed by atoms with van der Waals surface area (Å²) >= 11 is 0. The van der Waals surface area contributed by atoms with Crippen molar-refractivity contribution in [1.82, 2.24) is 19.8 Å². The molecule has 1 aliphatic heterocycles. The van der Waals surface area contributed by atoms with Crippen molar-refractivity contribution in [3.8, 4) is 0 Å². The predicted molar refractivity (Wildman–Crippen MR) is 91.4 cm³/mol. The molecule has 5 nitrogen and oxygen atoms in total. The summed E-state index contributed by atoms with van der Waals surface area (Å²) < 4.78 is 7.22. The Bertz CT molecular complexity index is 793. The molecule has 0 aliphatic carbocycles. The Kier molecular flexibility index (Phi) is 4.17. The Balaban J connectivity index is 1.48. The van der Waals surface area contributed by atoms with Gasteiger partial charge in [0.15, 0.2) is 0 Å². The van der Waals surface area contributed by atoms with Gasteiger partial charge in [0.2, 0.25) is 0 Å². The predicted octanol–water partition coefficient (Wildman–Crippen LogP) is 3.56. The van der Waals surface area contributed by atoms with Gasteiger partial charge in [-0.3, -0.25) is 9.58 Å². The third kappa shape index (κ3) is 3.26. The van der Waals surface area contributed by atoms with E-state index in [9.17, 15) is 0 Å². The molecule has 0 bridgehead atoms. The van der Waals surface area contributed by atoms with Crippen LogP contribution in [-0.2, 0) is 13.1 Å². The SMILES string of the molecule is Cc1cc([C@@H]2CCCN2Cc2cccc(Cn3cccn3)c2)no1. The monoisotopic (exact) mass is 322 g/mol. The Hall–Kier alpha value is -2.40. The van der Waals surface area contributed by atoms with Crippen LogP contribution in [-0.4, -0.2) is 26.4 Å². The van der Waals surface area contributed by atoms with Gasteiger partial charge >= 0.3 is 0 Å². The Morgan fingerprint density at radius 2 is 2.04 bits per heavy atom. The van der Waals surface area contributed by atoms with Gasteiger partial charge in [0, 0.05) is 25.0 Å². The fourth-order valence-corrected chi connectivity index (χ4v) is 3.53. The number of hydrogen-bond donors (Lipinski definition) is 0. The van der Waals surface area contributed by atoms with E-state index >= 15 is 0 Å². The molecule has 124 valence electrons. The van der Waals surface area contributed by atoms with Crippen LogP contribution in [0.15, 0.2) is 53.3 Å². The largest absolute Gasteiger partial charge is 0.361 e. The topological polar surface area (TPSA) is 47.1 Å². The fourth-order valence-electron chi connectivity index (χ4n) is 3.53. The molecule has 2 aromatic heterocycles. The van der Waals surface area contributed by atoms with Crippen molar-refractivity contribution in [3.63, 3.8) is 0 Å². The molecule has 3 aromatic rings. The minimum absolute atomic E-state index is 0.372. The molecule has 1 aromatic carbocycles. The lowest BCUT2D eigenvalue weighted by molar-refractivity contribution is 0.236. The Morgan fingerprint density at radius 1 is 1.17 bits per heavy atom. The number of rotatable bonds is 5. The molecule has 0 amide bonds. The first kappa shape index (κ1) is 15.1. The van der Waals surface area contributed by atoms with Crippen LogP contribution in [0.5, 0.6) is 0 Å². The summed E-state index contributed by atoms with van der Waals surface area (Å²) in [7, 11) is 0. The van der Waals surface area contributed by atoms with Gasteiger partial charge in [-0.15, -0.1) is 0 Å². The average molecular weight is 322 g/mol. The summed E-state index contributed by atoms with van der Waals surface area (Å²) in [5, 5.41) is 8.51. The van der Waals surface area contributed by atoms with Crippen molar-refractivity contribution >= 4 is 0 Å². The third-order valence-electron chi connectivity index (χ3n) is 4.63. The molecule has 1 saturated heterocycles. The molecule has 0 unspecified atom stereocenters. The molecule has 1 aliphatic rings. The summed E-state index contributed by atoms with van der Waals surface area (Å²) in [5.74, 6) is 0.887. The highest BCUT2D eigenvalue weighted by molar-refractivity contribution is 5.24. The summed E-state index contributed by atoms with van der Waals surface area (Å²) in [6, 6.07) is 13.2. The highest BCUT2D eigenvalue weighted by Crippen LogP contribution is 2.32. The van der Waals surface area contributed by atoms with E-state index in [4.69, 9.17) is 4.52 Å². The summed E-state index contributed by atoms with van der Waals surface area (Å²) in [4.78, 5) is 2.50. The van der Waals surface area contributed by atoms with Crippen molar-refractivity contribution < 1.29 is 4.52 Å². The third-order valence-corrected chi connectivity index (χ3v) is 4.63. The van der Waals surface area contributed by atoms with Gasteiger partial charge in [0.25, 0.3) is 0 Å². The smallest absolute Gasteiger partial charge is 0.133 e. The summed E-state index contributed by atoms with van der Waals surface area (Å²) in [6.45, 7) is 4.82. The van der Waals surface area contributed by atoms with Gasteiger partial charge in [-0.1, -0.05) is 29.4 Å². The molecule has 4 rings (SSSR count). The quantitative estimate of drug-likeness (QED) is 0.720. The second kappa shape index (κ2) is 6.61. The van der Waals surface area contributed by atoms with Crippen molar-refractivity contribution in [2.24, 2.45) is 0 Å². The van der Waals surface area contributed by atoms with Crippen LogP contribution < -0.4 is 0 Å². The van der Waals surface area contributed by atoms with E-state index < -0.39 is 0 Å². The zero-order valence-corrected chi connectivity index (χ0v) is 13.9. The maximum Gasteiger partial charge on any atom is 0.133 e. The van der Waals surface area contributed by atoms with E-state index in [0.29, 0.717) is 6.04 Å². The first-order valence-electron chi connectivity index (χ1n) is 8.50. The molecule has 1 atom stereocenters. The van der Waals surface area contributed by atoms with Gasteiger partial charge in [-0.25, -0.2) is 0 Å². The van der Waals surface area contributed by atoms with Gasteiger partial charge in [-0.05, 0) is 43.5 Å². The van der Waals surface area contributed by atoms with E-state index in [-0.39, 0.29) is 0 Å². The molecule has 3 heterocycles. The van der Waals surface area contributed by atoms with Crippen LogP contribution in [0.3, 0.4) is 0 Å². The van der Waals surface area contributed by atoms with E-state index in [1.54, 1.807) is 0 Å². The van der Waals surface area contributed by atoms with Crippen LogP contribution in [0.1, 0.15) is 41.5 Å². The molecule has 0 N–H and O–H groups in total. The van der Waals surface area contributed by atoms with Gasteiger partial charge in [-0.2, -0.15) is 5.10 Å². The zero-order valence-electron chi connectivity index (χ0n) is 13.9. The highest BCUT2D eigenvalue weighted by atomic mass is 16.5. The van der Waals surface area contributed by atoms with Crippen molar-refractivity contribution in [3.05, 3.63) is 71.4 Å². The number of benzene rings is 1. The van der Waals surface area contributed by atoms with Crippen molar-refractivity contribution in [2.75, 3.05) is 6.54 Å². The molecule has 5 heteroatoms. The maximum absolute atomic E-state index is 5.27. The second-order valence-corrected chi connectivity index (χ2v) is 6.51. The van der Waals surface area contributed by atoms with Crippen LogP contribution in [0.4, 0.5) is 0 Å². The number of aromatic nitrogens is 3. The first-order valence-corrected chi connectivity index (χ1v) is 8.50. The lowest BCUT2D eigenvalue weighted by atomic mass is 10.1. The number of likely N-dealkylation sites (tertiary alicyclic amines) is 1. The first-order chi connectivity index (χ1) is 11.8. The van der Waals surface area contributed by atoms with E-state index in [1.807, 2.05) is 30.1 Å². The van der Waals surface area contributed by atoms with Gasteiger partial charge in [0.1, 0.15) is 11.5 Å². The summed E-state index contributed by atoms with van der Waals surface area (Å²) in [6.07, 6.45) is 6.18.